The largest absolute Gasteiger partial charge is 0.480 e. The Labute approximate surface area is 267 Å². The second-order valence-electron chi connectivity index (χ2n) is 12.4. The first kappa shape index (κ1) is 29.6. The van der Waals surface area contributed by atoms with E-state index in [4.69, 9.17) is 19.6 Å². The third kappa shape index (κ3) is 5.95. The number of hydrogen-bond acceptors (Lipinski definition) is 7. The second-order valence-corrected chi connectivity index (χ2v) is 12.4. The highest BCUT2D eigenvalue weighted by molar-refractivity contribution is 5.83. The van der Waals surface area contributed by atoms with Crippen molar-refractivity contribution >= 4 is 22.7 Å². The smallest absolute Gasteiger partial charge is 0.333 e. The van der Waals surface area contributed by atoms with Gasteiger partial charge in [-0.3, -0.25) is 18.8 Å². The van der Waals surface area contributed by atoms with Gasteiger partial charge < -0.3 is 19.5 Å². The monoisotopic (exact) mass is 619 g/mol. The number of aromatic nitrogens is 3. The molecule has 2 aliphatic rings. The van der Waals surface area contributed by atoms with Crippen LogP contribution in [0.5, 0.6) is 11.8 Å². The number of aryl methyl sites for hydroxylation is 1. The lowest BCUT2D eigenvalue weighted by molar-refractivity contribution is -0.139. The normalized spacial score (nSPS) is 16.0. The number of benzene rings is 3. The van der Waals surface area contributed by atoms with Gasteiger partial charge in [-0.2, -0.15) is 4.98 Å². The summed E-state index contributed by atoms with van der Waals surface area (Å²) in [5.74, 6) is -0.0474. The van der Waals surface area contributed by atoms with Gasteiger partial charge in [0.05, 0.1) is 17.6 Å². The molecule has 10 nitrogen and oxygen atoms in total. The number of carboxylic acids is 1. The minimum absolute atomic E-state index is 0.111. The summed E-state index contributed by atoms with van der Waals surface area (Å²) in [7, 11) is 1.79. The van der Waals surface area contributed by atoms with E-state index in [0.717, 1.165) is 66.9 Å². The average Bonchev–Trinajstić information content (AvgIpc) is 3.31. The minimum atomic E-state index is -0.768. The summed E-state index contributed by atoms with van der Waals surface area (Å²) in [5.41, 5.74) is 5.24. The first-order chi connectivity index (χ1) is 22.4. The predicted molar refractivity (Wildman–Crippen MR) is 176 cm³/mol. The van der Waals surface area contributed by atoms with Crippen molar-refractivity contribution in [1.82, 2.24) is 19.0 Å². The maximum atomic E-state index is 13.8. The van der Waals surface area contributed by atoms with Crippen molar-refractivity contribution in [2.24, 2.45) is 12.5 Å². The number of piperidine rings is 1. The molecule has 10 heteroatoms. The number of aliphatic carboxylic acids is 1. The first-order valence-corrected chi connectivity index (χ1v) is 15.6. The zero-order valence-corrected chi connectivity index (χ0v) is 25.8. The zero-order chi connectivity index (χ0) is 31.7. The van der Waals surface area contributed by atoms with E-state index in [2.05, 4.69) is 17.0 Å². The highest BCUT2D eigenvalue weighted by atomic mass is 16.5. The lowest BCUT2D eigenvalue weighted by Crippen LogP contribution is -2.60. The van der Waals surface area contributed by atoms with Gasteiger partial charge in [0.1, 0.15) is 18.9 Å². The van der Waals surface area contributed by atoms with Gasteiger partial charge in [-0.05, 0) is 61.3 Å². The Morgan fingerprint density at radius 3 is 2.15 bits per heavy atom. The van der Waals surface area contributed by atoms with Crippen LogP contribution < -0.4 is 20.1 Å². The molecule has 0 aliphatic carbocycles. The van der Waals surface area contributed by atoms with E-state index < -0.39 is 5.97 Å². The van der Waals surface area contributed by atoms with Crippen molar-refractivity contribution in [3.63, 3.8) is 0 Å². The van der Waals surface area contributed by atoms with Crippen molar-refractivity contribution in [2.45, 2.75) is 26.1 Å². The van der Waals surface area contributed by atoms with Crippen LogP contribution in [-0.4, -0.2) is 62.8 Å². The van der Waals surface area contributed by atoms with E-state index in [1.54, 1.807) is 22.2 Å². The molecule has 0 unspecified atom stereocenters. The second kappa shape index (κ2) is 12.4. The molecule has 46 heavy (non-hydrogen) atoms. The van der Waals surface area contributed by atoms with Crippen molar-refractivity contribution in [2.75, 3.05) is 37.6 Å². The molecule has 2 aromatic heterocycles. The molecule has 236 valence electrons. The molecule has 1 N–H and O–H groups in total. The Kier molecular flexibility index (Phi) is 7.96. The van der Waals surface area contributed by atoms with Crippen molar-refractivity contribution in [3.8, 4) is 17.4 Å². The molecule has 1 spiro atoms. The standard InChI is InChI=1S/C36H37N5O5/c1-38-31-20-28(40-24-36(25-40)16-18-39(19-17-36)21-33(42)43)12-13-29(31)41(35(38)44)30-14-15-32(45-22-26-8-4-2-5-9-26)37-34(30)46-23-27-10-6-3-7-11-27/h2-15,20H,16-19,21-25H2,1H3,(H,42,43). The number of likely N-dealkylation sites (tertiary alicyclic amines) is 1. The average molecular weight is 620 g/mol. The number of pyridine rings is 1. The fourth-order valence-electron chi connectivity index (χ4n) is 6.62. The molecule has 4 heterocycles. The fraction of sp³-hybridized carbons (Fsp3) is 0.306. The molecular formula is C36H37N5O5. The van der Waals surface area contributed by atoms with Crippen LogP contribution in [0.2, 0.25) is 0 Å². The Balaban J connectivity index is 1.15. The number of nitrogens with zero attached hydrogens (tertiary/aromatic N) is 5. The molecule has 7 rings (SSSR count). The number of rotatable bonds is 10. The molecular weight excluding hydrogens is 582 g/mol. The molecule has 2 saturated heterocycles. The summed E-state index contributed by atoms with van der Waals surface area (Å²) in [5, 5.41) is 9.13. The minimum Gasteiger partial charge on any atom is -0.480 e. The summed E-state index contributed by atoms with van der Waals surface area (Å²) in [6, 6.07) is 29.5. The van der Waals surface area contributed by atoms with Gasteiger partial charge in [0, 0.05) is 37.3 Å². The van der Waals surface area contributed by atoms with Crippen LogP contribution in [0, 0.1) is 5.41 Å². The van der Waals surface area contributed by atoms with E-state index in [0.29, 0.717) is 24.1 Å². The van der Waals surface area contributed by atoms with Crippen LogP contribution in [0.1, 0.15) is 24.0 Å². The van der Waals surface area contributed by atoms with Crippen LogP contribution in [0.3, 0.4) is 0 Å². The Morgan fingerprint density at radius 2 is 1.50 bits per heavy atom. The number of ether oxygens (including phenoxy) is 2. The number of fused-ring (bicyclic) bond motifs is 1. The van der Waals surface area contributed by atoms with E-state index in [-0.39, 0.29) is 24.3 Å². The molecule has 0 radical (unpaired) electrons. The number of carboxylic acid groups (broad SMARTS) is 1. The lowest BCUT2D eigenvalue weighted by atomic mass is 9.71. The van der Waals surface area contributed by atoms with Gasteiger partial charge in [-0.15, -0.1) is 0 Å². The molecule has 5 aromatic rings. The van der Waals surface area contributed by atoms with Crippen LogP contribution in [0.25, 0.3) is 16.7 Å². The van der Waals surface area contributed by atoms with E-state index in [1.807, 2.05) is 77.7 Å². The summed E-state index contributed by atoms with van der Waals surface area (Å²) in [6.45, 7) is 4.25. The molecule has 0 amide bonds. The van der Waals surface area contributed by atoms with E-state index in [1.165, 1.54) is 0 Å². The van der Waals surface area contributed by atoms with Gasteiger partial charge in [0.2, 0.25) is 11.8 Å². The highest BCUT2D eigenvalue weighted by Gasteiger charge is 2.45. The van der Waals surface area contributed by atoms with Crippen LogP contribution in [0.4, 0.5) is 5.69 Å². The number of imidazole rings is 1. The Hall–Kier alpha value is -5.09. The topological polar surface area (TPSA) is 102 Å². The van der Waals surface area contributed by atoms with Gasteiger partial charge in [0.15, 0.2) is 0 Å². The third-order valence-electron chi connectivity index (χ3n) is 9.24. The number of anilines is 1. The SMILES string of the molecule is Cn1c(=O)n(-c2ccc(OCc3ccccc3)nc2OCc2ccccc2)c2ccc(N3CC4(CCN(CC(=O)O)CC4)C3)cc21. The zero-order valence-electron chi connectivity index (χ0n) is 25.8. The summed E-state index contributed by atoms with van der Waals surface area (Å²) in [6.07, 6.45) is 2.00. The molecule has 0 atom stereocenters. The Bertz CT molecular complexity index is 1900. The van der Waals surface area contributed by atoms with Gasteiger partial charge in [-0.1, -0.05) is 60.7 Å². The molecule has 0 saturated carbocycles. The molecule has 2 aliphatic heterocycles. The van der Waals surface area contributed by atoms with Crippen molar-refractivity contribution in [3.05, 3.63) is 113 Å². The van der Waals surface area contributed by atoms with Gasteiger partial charge in [0.25, 0.3) is 0 Å². The fourth-order valence-corrected chi connectivity index (χ4v) is 6.62. The summed E-state index contributed by atoms with van der Waals surface area (Å²) >= 11 is 0. The van der Waals surface area contributed by atoms with Crippen LogP contribution in [0.15, 0.2) is 95.8 Å². The highest BCUT2D eigenvalue weighted by Crippen LogP contribution is 2.43. The van der Waals surface area contributed by atoms with Crippen molar-refractivity contribution < 1.29 is 19.4 Å². The number of hydrogen-bond donors (Lipinski definition) is 1. The molecule has 3 aromatic carbocycles. The maximum absolute atomic E-state index is 13.8. The third-order valence-corrected chi connectivity index (χ3v) is 9.24. The van der Waals surface area contributed by atoms with Crippen LogP contribution in [-0.2, 0) is 25.1 Å². The first-order valence-electron chi connectivity index (χ1n) is 15.6. The Morgan fingerprint density at radius 1 is 0.848 bits per heavy atom. The number of carbonyl (C=O) groups is 1. The molecule has 2 fully saturated rings. The van der Waals surface area contributed by atoms with E-state index >= 15 is 0 Å². The quantitative estimate of drug-likeness (QED) is 0.236. The summed E-state index contributed by atoms with van der Waals surface area (Å²) in [4.78, 5) is 34.0. The maximum Gasteiger partial charge on any atom is 0.333 e. The summed E-state index contributed by atoms with van der Waals surface area (Å²) < 4.78 is 15.6. The lowest BCUT2D eigenvalue weighted by Gasteiger charge is -2.55. The van der Waals surface area contributed by atoms with Gasteiger partial charge in [-0.25, -0.2) is 4.79 Å². The van der Waals surface area contributed by atoms with Crippen molar-refractivity contribution in [1.29, 1.82) is 0 Å². The van der Waals surface area contributed by atoms with Crippen LogP contribution >= 0.6 is 0 Å². The van der Waals surface area contributed by atoms with E-state index in [9.17, 15) is 9.59 Å². The van der Waals surface area contributed by atoms with Gasteiger partial charge >= 0.3 is 11.7 Å². The molecule has 0 bridgehead atoms. The predicted octanol–water partition coefficient (Wildman–Crippen LogP) is 4.87.